The van der Waals surface area contributed by atoms with E-state index in [2.05, 4.69) is 0 Å². The topological polar surface area (TPSA) is 100 Å². The fourth-order valence-electron chi connectivity index (χ4n) is 2.78. The summed E-state index contributed by atoms with van der Waals surface area (Å²) < 4.78 is 9.84. The molecule has 0 N–H and O–H groups in total. The van der Waals surface area contributed by atoms with Crippen LogP contribution in [0.4, 0.5) is 0 Å². The normalized spacial score (nSPS) is 11.4. The molecule has 0 radical (unpaired) electrons. The van der Waals surface area contributed by atoms with Crippen molar-refractivity contribution in [3.8, 4) is 12.1 Å². The second-order valence-corrected chi connectivity index (χ2v) is 6.11. The van der Waals surface area contributed by atoms with Crippen molar-refractivity contribution in [1.29, 1.82) is 10.5 Å². The number of carbonyl (C=O) groups is 2. The molecular formula is C22H24N2O4. The molecule has 0 aliphatic rings. The maximum Gasteiger partial charge on any atom is 0.348 e. The van der Waals surface area contributed by atoms with Crippen molar-refractivity contribution in [2.75, 3.05) is 13.2 Å². The highest BCUT2D eigenvalue weighted by molar-refractivity contribution is 6.00. The zero-order valence-corrected chi connectivity index (χ0v) is 17.1. The molecule has 146 valence electrons. The molecule has 0 fully saturated rings. The van der Waals surface area contributed by atoms with Crippen LogP contribution in [-0.4, -0.2) is 25.2 Å². The molecule has 1 aromatic carbocycles. The summed E-state index contributed by atoms with van der Waals surface area (Å²) in [5, 5.41) is 18.6. The zero-order chi connectivity index (χ0) is 21.4. The Bertz CT molecular complexity index is 835. The molecule has 0 bridgehead atoms. The highest BCUT2D eigenvalue weighted by Gasteiger charge is 2.18. The van der Waals surface area contributed by atoms with Gasteiger partial charge < -0.3 is 9.47 Å². The number of hydrogen-bond acceptors (Lipinski definition) is 6. The number of esters is 2. The molecule has 6 nitrogen and oxygen atoms in total. The van der Waals surface area contributed by atoms with Crippen molar-refractivity contribution < 1.29 is 19.1 Å². The Morgan fingerprint density at radius 1 is 0.750 bits per heavy atom. The number of nitrogens with zero attached hydrogens (tertiary/aromatic N) is 2. The molecule has 0 spiro atoms. The molecule has 0 amide bonds. The van der Waals surface area contributed by atoms with E-state index in [4.69, 9.17) is 9.47 Å². The Labute approximate surface area is 165 Å². The predicted molar refractivity (Wildman–Crippen MR) is 106 cm³/mol. The third kappa shape index (κ3) is 4.86. The maximum absolute atomic E-state index is 11.9. The van der Waals surface area contributed by atoms with Gasteiger partial charge in [-0.15, -0.1) is 0 Å². The predicted octanol–water partition coefficient (Wildman–Crippen LogP) is 3.86. The van der Waals surface area contributed by atoms with Gasteiger partial charge in [-0.2, -0.15) is 10.5 Å². The quantitative estimate of drug-likeness (QED) is 0.422. The fourth-order valence-corrected chi connectivity index (χ4v) is 2.78. The number of ether oxygens (including phenoxy) is 2. The summed E-state index contributed by atoms with van der Waals surface area (Å²) in [5.74, 6) is -1.34. The van der Waals surface area contributed by atoms with Crippen LogP contribution in [0.3, 0.4) is 0 Å². The minimum Gasteiger partial charge on any atom is -0.462 e. The molecule has 0 aliphatic heterocycles. The van der Waals surface area contributed by atoms with Crippen LogP contribution in [0.25, 0.3) is 12.2 Å². The van der Waals surface area contributed by atoms with Gasteiger partial charge in [0.2, 0.25) is 0 Å². The van der Waals surface area contributed by atoms with Gasteiger partial charge in [-0.25, -0.2) is 9.59 Å². The number of nitriles is 2. The Morgan fingerprint density at radius 3 is 1.25 bits per heavy atom. The molecule has 6 heteroatoms. The smallest absolute Gasteiger partial charge is 0.348 e. The lowest BCUT2D eigenvalue weighted by atomic mass is 9.87. The van der Waals surface area contributed by atoms with Crippen LogP contribution in [0.2, 0.25) is 0 Å². The first-order valence-electron chi connectivity index (χ1n) is 8.91. The van der Waals surface area contributed by atoms with E-state index in [9.17, 15) is 20.1 Å². The first kappa shape index (κ1) is 22.7. The second kappa shape index (κ2) is 10.1. The standard InChI is InChI=1S/C22H24N2O4/c1-7-27-21(25)17(11-23)9-19-13(3)15(5)20(16(6)14(19)4)10-18(12-24)22(26)28-8-2/h9-10H,7-8H2,1-6H3/b17-9-,18-10-. The SMILES string of the molecule is CCOC(=O)/C(C#N)=C\c1c(C)c(C)c(/C=C(/C#N)C(=O)OCC)c(C)c1C. The molecule has 1 rings (SSSR count). The van der Waals surface area contributed by atoms with Gasteiger partial charge in [0, 0.05) is 0 Å². The van der Waals surface area contributed by atoms with Crippen LogP contribution in [0.15, 0.2) is 11.1 Å². The van der Waals surface area contributed by atoms with Crippen molar-refractivity contribution >= 4 is 24.1 Å². The number of benzene rings is 1. The van der Waals surface area contributed by atoms with Gasteiger partial charge in [-0.1, -0.05) is 0 Å². The van der Waals surface area contributed by atoms with Crippen LogP contribution in [0, 0.1) is 50.4 Å². The Kier molecular flexibility index (Phi) is 8.16. The van der Waals surface area contributed by atoms with E-state index in [0.717, 1.165) is 33.4 Å². The third-order valence-electron chi connectivity index (χ3n) is 4.55. The lowest BCUT2D eigenvalue weighted by molar-refractivity contribution is -0.138. The maximum atomic E-state index is 11.9. The number of hydrogen-bond donors (Lipinski definition) is 0. The van der Waals surface area contributed by atoms with E-state index in [1.807, 2.05) is 39.8 Å². The van der Waals surface area contributed by atoms with E-state index >= 15 is 0 Å². The van der Waals surface area contributed by atoms with E-state index < -0.39 is 11.9 Å². The van der Waals surface area contributed by atoms with Gasteiger partial charge >= 0.3 is 11.9 Å². The van der Waals surface area contributed by atoms with E-state index in [1.165, 1.54) is 12.2 Å². The average molecular weight is 380 g/mol. The molecule has 0 saturated heterocycles. The minimum atomic E-state index is -0.669. The van der Waals surface area contributed by atoms with Gasteiger partial charge in [0.1, 0.15) is 23.3 Å². The summed E-state index contributed by atoms with van der Waals surface area (Å²) >= 11 is 0. The Morgan fingerprint density at radius 2 is 1.04 bits per heavy atom. The van der Waals surface area contributed by atoms with Crippen LogP contribution in [0.1, 0.15) is 47.2 Å². The summed E-state index contributed by atoms with van der Waals surface area (Å²) in [4.78, 5) is 23.9. The van der Waals surface area contributed by atoms with Crippen LogP contribution < -0.4 is 0 Å². The van der Waals surface area contributed by atoms with Crippen molar-refractivity contribution in [3.63, 3.8) is 0 Å². The molecule has 0 atom stereocenters. The van der Waals surface area contributed by atoms with Crippen LogP contribution >= 0.6 is 0 Å². The number of rotatable bonds is 6. The molecule has 0 heterocycles. The monoisotopic (exact) mass is 380 g/mol. The fraction of sp³-hybridized carbons (Fsp3) is 0.364. The van der Waals surface area contributed by atoms with Gasteiger partial charge in [0.25, 0.3) is 0 Å². The summed E-state index contributed by atoms with van der Waals surface area (Å²) in [7, 11) is 0. The average Bonchev–Trinajstić information content (AvgIpc) is 2.67. The largest absolute Gasteiger partial charge is 0.462 e. The highest BCUT2D eigenvalue weighted by atomic mass is 16.5. The Hall–Kier alpha value is -3.38. The van der Waals surface area contributed by atoms with Gasteiger partial charge in [0.05, 0.1) is 13.2 Å². The first-order chi connectivity index (χ1) is 13.2. The lowest BCUT2D eigenvalue weighted by Crippen LogP contribution is -2.08. The van der Waals surface area contributed by atoms with E-state index in [0.29, 0.717) is 0 Å². The van der Waals surface area contributed by atoms with E-state index in [1.54, 1.807) is 13.8 Å². The number of carbonyl (C=O) groups excluding carboxylic acids is 2. The highest BCUT2D eigenvalue weighted by Crippen LogP contribution is 2.30. The summed E-state index contributed by atoms with van der Waals surface area (Å²) in [5.41, 5.74) is 4.68. The third-order valence-corrected chi connectivity index (χ3v) is 4.55. The minimum absolute atomic E-state index is 0.0839. The van der Waals surface area contributed by atoms with Crippen molar-refractivity contribution in [2.24, 2.45) is 0 Å². The molecule has 0 aliphatic carbocycles. The van der Waals surface area contributed by atoms with Crippen molar-refractivity contribution in [1.82, 2.24) is 0 Å². The molecule has 0 saturated carbocycles. The first-order valence-corrected chi connectivity index (χ1v) is 8.91. The molecule has 1 aromatic rings. The zero-order valence-electron chi connectivity index (χ0n) is 17.1. The molecule has 0 aromatic heterocycles. The summed E-state index contributed by atoms with van der Waals surface area (Å²) in [6, 6.07) is 3.77. The van der Waals surface area contributed by atoms with E-state index in [-0.39, 0.29) is 24.4 Å². The Balaban J connectivity index is 3.64. The van der Waals surface area contributed by atoms with Crippen LogP contribution in [0.5, 0.6) is 0 Å². The lowest BCUT2D eigenvalue weighted by Gasteiger charge is -2.17. The van der Waals surface area contributed by atoms with Crippen molar-refractivity contribution in [2.45, 2.75) is 41.5 Å². The molecular weight excluding hydrogens is 356 g/mol. The molecule has 0 unspecified atom stereocenters. The van der Waals surface area contributed by atoms with Crippen molar-refractivity contribution in [3.05, 3.63) is 44.5 Å². The van der Waals surface area contributed by atoms with Gasteiger partial charge in [0.15, 0.2) is 0 Å². The van der Waals surface area contributed by atoms with Gasteiger partial charge in [-0.3, -0.25) is 0 Å². The second-order valence-electron chi connectivity index (χ2n) is 6.11. The van der Waals surface area contributed by atoms with Crippen LogP contribution in [-0.2, 0) is 19.1 Å². The summed E-state index contributed by atoms with van der Waals surface area (Å²) in [6.07, 6.45) is 3.04. The van der Waals surface area contributed by atoms with Gasteiger partial charge in [-0.05, 0) is 87.1 Å². The molecule has 28 heavy (non-hydrogen) atoms. The summed E-state index contributed by atoms with van der Waals surface area (Å²) in [6.45, 7) is 11.2.